The average Bonchev–Trinajstić information content (AvgIpc) is 2.93. The predicted molar refractivity (Wildman–Crippen MR) is 65.2 cm³/mol. The first kappa shape index (κ1) is 12.1. The SMILES string of the molecule is CCc1nn(C)c(NCc2cnc[nH]2)c1[N+](=O)[O-]. The van der Waals surface area contributed by atoms with E-state index < -0.39 is 4.92 Å². The molecule has 8 nitrogen and oxygen atoms in total. The van der Waals surface area contributed by atoms with Gasteiger partial charge in [-0.25, -0.2) is 9.67 Å². The van der Waals surface area contributed by atoms with E-state index in [1.165, 1.54) is 4.68 Å². The molecule has 0 fully saturated rings. The van der Waals surface area contributed by atoms with E-state index in [4.69, 9.17) is 0 Å². The van der Waals surface area contributed by atoms with E-state index in [2.05, 4.69) is 20.4 Å². The van der Waals surface area contributed by atoms with Crippen LogP contribution >= 0.6 is 0 Å². The molecule has 0 aliphatic heterocycles. The molecule has 2 aromatic heterocycles. The van der Waals surface area contributed by atoms with Gasteiger partial charge in [0.15, 0.2) is 0 Å². The average molecular weight is 250 g/mol. The summed E-state index contributed by atoms with van der Waals surface area (Å²) in [6.07, 6.45) is 3.75. The van der Waals surface area contributed by atoms with E-state index in [1.807, 2.05) is 6.92 Å². The Morgan fingerprint density at radius 2 is 2.39 bits per heavy atom. The molecular weight excluding hydrogens is 236 g/mol. The molecule has 0 amide bonds. The van der Waals surface area contributed by atoms with Crippen LogP contribution in [0.4, 0.5) is 11.5 Å². The Hall–Kier alpha value is -2.38. The fourth-order valence-electron chi connectivity index (χ4n) is 1.76. The highest BCUT2D eigenvalue weighted by Gasteiger charge is 2.25. The molecule has 0 atom stereocenters. The predicted octanol–water partition coefficient (Wildman–Crippen LogP) is 1.23. The number of aryl methyl sites for hydroxylation is 2. The molecule has 0 radical (unpaired) electrons. The van der Waals surface area contributed by atoms with E-state index >= 15 is 0 Å². The van der Waals surface area contributed by atoms with Crippen molar-refractivity contribution >= 4 is 11.5 Å². The summed E-state index contributed by atoms with van der Waals surface area (Å²) in [5, 5.41) is 18.2. The second kappa shape index (κ2) is 4.86. The summed E-state index contributed by atoms with van der Waals surface area (Å²) < 4.78 is 1.49. The molecule has 0 unspecified atom stereocenters. The monoisotopic (exact) mass is 250 g/mol. The van der Waals surface area contributed by atoms with Gasteiger partial charge < -0.3 is 10.3 Å². The van der Waals surface area contributed by atoms with Crippen LogP contribution in [0.2, 0.25) is 0 Å². The molecule has 0 saturated carbocycles. The number of aromatic amines is 1. The Kier molecular flexibility index (Phi) is 3.26. The maximum atomic E-state index is 11.1. The highest BCUT2D eigenvalue weighted by molar-refractivity contribution is 5.59. The standard InChI is InChI=1S/C10H14N6O2/c1-3-8-9(16(17)18)10(15(2)14-8)12-5-7-4-11-6-13-7/h4,6,12H,3,5H2,1-2H3,(H,11,13). The molecular formula is C10H14N6O2. The fourth-order valence-corrected chi connectivity index (χ4v) is 1.76. The maximum Gasteiger partial charge on any atom is 0.333 e. The van der Waals surface area contributed by atoms with Crippen LogP contribution in [0.25, 0.3) is 0 Å². The first-order valence-electron chi connectivity index (χ1n) is 5.54. The normalized spacial score (nSPS) is 10.6. The van der Waals surface area contributed by atoms with Crippen molar-refractivity contribution in [3.05, 3.63) is 34.0 Å². The molecule has 2 aromatic rings. The lowest BCUT2D eigenvalue weighted by Gasteiger charge is -2.04. The number of aromatic nitrogens is 4. The van der Waals surface area contributed by atoms with Crippen molar-refractivity contribution in [2.45, 2.75) is 19.9 Å². The van der Waals surface area contributed by atoms with Gasteiger partial charge >= 0.3 is 5.69 Å². The van der Waals surface area contributed by atoms with Gasteiger partial charge in [0.25, 0.3) is 0 Å². The Balaban J connectivity index is 2.26. The van der Waals surface area contributed by atoms with Crippen LogP contribution in [0, 0.1) is 10.1 Å². The van der Waals surface area contributed by atoms with Crippen LogP contribution in [-0.4, -0.2) is 24.7 Å². The van der Waals surface area contributed by atoms with Crippen molar-refractivity contribution in [3.8, 4) is 0 Å². The fraction of sp³-hybridized carbons (Fsp3) is 0.400. The quantitative estimate of drug-likeness (QED) is 0.613. The summed E-state index contributed by atoms with van der Waals surface area (Å²) in [6, 6.07) is 0. The molecule has 2 heterocycles. The lowest BCUT2D eigenvalue weighted by Crippen LogP contribution is -2.06. The third kappa shape index (κ3) is 2.17. The summed E-state index contributed by atoms with van der Waals surface area (Å²) in [5.41, 5.74) is 1.37. The molecule has 2 N–H and O–H groups in total. The van der Waals surface area contributed by atoms with Gasteiger partial charge in [0.2, 0.25) is 5.82 Å². The summed E-state index contributed by atoms with van der Waals surface area (Å²) >= 11 is 0. The third-order valence-electron chi connectivity index (χ3n) is 2.61. The largest absolute Gasteiger partial charge is 0.359 e. The molecule has 0 aromatic carbocycles. The number of H-pyrrole nitrogens is 1. The van der Waals surface area contributed by atoms with Crippen molar-refractivity contribution in [2.75, 3.05) is 5.32 Å². The Bertz CT molecular complexity index is 545. The van der Waals surface area contributed by atoms with Gasteiger partial charge in [0.1, 0.15) is 5.69 Å². The third-order valence-corrected chi connectivity index (χ3v) is 2.61. The molecule has 8 heteroatoms. The molecule has 96 valence electrons. The minimum absolute atomic E-state index is 0.0412. The van der Waals surface area contributed by atoms with Crippen molar-refractivity contribution in [1.82, 2.24) is 19.7 Å². The van der Waals surface area contributed by atoms with E-state index in [9.17, 15) is 10.1 Å². The van der Waals surface area contributed by atoms with E-state index in [-0.39, 0.29) is 5.69 Å². The minimum atomic E-state index is -0.402. The highest BCUT2D eigenvalue weighted by atomic mass is 16.6. The van der Waals surface area contributed by atoms with E-state index in [1.54, 1.807) is 19.6 Å². The van der Waals surface area contributed by atoms with Gasteiger partial charge in [-0.15, -0.1) is 0 Å². The van der Waals surface area contributed by atoms with E-state index in [0.29, 0.717) is 24.5 Å². The number of nitrogens with zero attached hydrogens (tertiary/aromatic N) is 4. The summed E-state index contributed by atoms with van der Waals surface area (Å²) in [6.45, 7) is 2.28. The zero-order valence-electron chi connectivity index (χ0n) is 10.2. The number of anilines is 1. The zero-order chi connectivity index (χ0) is 13.1. The number of rotatable bonds is 5. The topological polar surface area (TPSA) is 102 Å². The van der Waals surface area contributed by atoms with Crippen LogP contribution < -0.4 is 5.32 Å². The van der Waals surface area contributed by atoms with Crippen LogP contribution in [0.15, 0.2) is 12.5 Å². The van der Waals surface area contributed by atoms with Crippen molar-refractivity contribution in [3.63, 3.8) is 0 Å². The van der Waals surface area contributed by atoms with Gasteiger partial charge in [-0.2, -0.15) is 5.10 Å². The summed E-state index contributed by atoms with van der Waals surface area (Å²) in [7, 11) is 1.68. The van der Waals surface area contributed by atoms with Crippen LogP contribution in [-0.2, 0) is 20.0 Å². The Morgan fingerprint density at radius 3 is 2.94 bits per heavy atom. The molecule has 0 aliphatic carbocycles. The maximum absolute atomic E-state index is 11.1. The van der Waals surface area contributed by atoms with Crippen LogP contribution in [0.3, 0.4) is 0 Å². The second-order valence-electron chi connectivity index (χ2n) is 3.81. The number of nitro groups is 1. The van der Waals surface area contributed by atoms with Gasteiger partial charge in [-0.3, -0.25) is 10.1 Å². The molecule has 2 rings (SSSR count). The van der Waals surface area contributed by atoms with Crippen molar-refractivity contribution < 1.29 is 4.92 Å². The van der Waals surface area contributed by atoms with E-state index in [0.717, 1.165) is 5.69 Å². The number of imidazole rings is 1. The summed E-state index contributed by atoms with van der Waals surface area (Å²) in [4.78, 5) is 17.5. The lowest BCUT2D eigenvalue weighted by atomic mass is 10.3. The van der Waals surface area contributed by atoms with Gasteiger partial charge in [-0.1, -0.05) is 6.92 Å². The first-order chi connectivity index (χ1) is 8.63. The first-order valence-corrected chi connectivity index (χ1v) is 5.54. The van der Waals surface area contributed by atoms with Gasteiger partial charge in [0, 0.05) is 13.2 Å². The second-order valence-corrected chi connectivity index (χ2v) is 3.81. The molecule has 0 aliphatic rings. The van der Waals surface area contributed by atoms with Crippen molar-refractivity contribution in [2.24, 2.45) is 7.05 Å². The Morgan fingerprint density at radius 1 is 1.61 bits per heavy atom. The van der Waals surface area contributed by atoms with Crippen LogP contribution in [0.1, 0.15) is 18.3 Å². The summed E-state index contributed by atoms with van der Waals surface area (Å²) in [5.74, 6) is 0.409. The molecule has 0 spiro atoms. The van der Waals surface area contributed by atoms with Crippen molar-refractivity contribution in [1.29, 1.82) is 0 Å². The zero-order valence-corrected chi connectivity index (χ0v) is 10.2. The molecule has 0 bridgehead atoms. The number of hydrogen-bond donors (Lipinski definition) is 2. The highest BCUT2D eigenvalue weighted by Crippen LogP contribution is 2.28. The van der Waals surface area contributed by atoms with Gasteiger partial charge in [0.05, 0.1) is 23.5 Å². The van der Waals surface area contributed by atoms with Crippen LogP contribution in [0.5, 0.6) is 0 Å². The number of hydrogen-bond acceptors (Lipinski definition) is 5. The number of nitrogens with one attached hydrogen (secondary N) is 2. The van der Waals surface area contributed by atoms with Gasteiger partial charge in [-0.05, 0) is 6.42 Å². The Labute approximate surface area is 103 Å². The molecule has 0 saturated heterocycles. The smallest absolute Gasteiger partial charge is 0.333 e. The lowest BCUT2D eigenvalue weighted by molar-refractivity contribution is -0.384. The minimum Gasteiger partial charge on any atom is -0.359 e. The molecule has 18 heavy (non-hydrogen) atoms.